The predicted molar refractivity (Wildman–Crippen MR) is 410 cm³/mol. The van der Waals surface area contributed by atoms with Crippen LogP contribution in [0.4, 0.5) is 4.79 Å². The number of carbonyl (C=O) groups is 6. The molecule has 21 nitrogen and oxygen atoms in total. The van der Waals surface area contributed by atoms with Crippen molar-refractivity contribution in [2.75, 3.05) is 0 Å². The molecule has 34 atom stereocenters. The van der Waals surface area contributed by atoms with Crippen LogP contribution in [-0.2, 0) is 41.9 Å². The van der Waals surface area contributed by atoms with Crippen molar-refractivity contribution in [3.05, 3.63) is 47.8 Å². The molecule has 1 aromatic carbocycles. The highest BCUT2D eigenvalue weighted by Crippen LogP contribution is 2.73. The molecule has 0 saturated heterocycles. The molecule has 604 valence electrons. The number of nitrogens with one attached hydrogen (secondary N) is 5. The Balaban J connectivity index is 0.642. The number of fused-ring (bicyclic) bond motifs is 1. The van der Waals surface area contributed by atoms with Crippen LogP contribution in [0.1, 0.15) is 266 Å². The Morgan fingerprint density at radius 1 is 0.505 bits per heavy atom. The van der Waals surface area contributed by atoms with Gasteiger partial charge in [-0.3, -0.25) is 29.3 Å². The van der Waals surface area contributed by atoms with Gasteiger partial charge in [-0.25, -0.2) is 9.48 Å². The Morgan fingerprint density at radius 2 is 0.936 bits per heavy atom. The summed E-state index contributed by atoms with van der Waals surface area (Å²) in [5, 5.41) is 99.8. The third kappa shape index (κ3) is 14.1. The van der Waals surface area contributed by atoms with Gasteiger partial charge in [0.2, 0.25) is 29.5 Å². The van der Waals surface area contributed by atoms with Crippen LogP contribution in [0.5, 0.6) is 0 Å². The Morgan fingerprint density at radius 3 is 1.42 bits per heavy atom. The first-order chi connectivity index (χ1) is 51.9. The summed E-state index contributed by atoms with van der Waals surface area (Å²) in [4.78, 5) is 83.5. The largest absolute Gasteiger partial charge is 0.444 e. The molecule has 1 aromatic heterocycles. The van der Waals surface area contributed by atoms with Crippen molar-refractivity contribution in [2.24, 2.45) is 139 Å². The number of benzene rings is 1. The molecule has 0 radical (unpaired) electrons. The first-order valence-electron chi connectivity index (χ1n) is 43.5. The molecule has 6 amide bonds. The molecule has 26 bridgehead atoms. The third-order valence-electron chi connectivity index (χ3n) is 36.0. The van der Waals surface area contributed by atoms with E-state index >= 15 is 0 Å². The van der Waals surface area contributed by atoms with Crippen molar-refractivity contribution in [3.8, 4) is 0 Å². The smallest absolute Gasteiger partial charge is 0.414 e. The second-order valence-electron chi connectivity index (χ2n) is 40.5. The fourth-order valence-electron chi connectivity index (χ4n) is 29.8. The number of aliphatic hydroxyl groups excluding tert-OH is 6. The Kier molecular flexibility index (Phi) is 22.2. The molecular weight excluding hydrogens is 1380 g/mol. The van der Waals surface area contributed by atoms with E-state index in [2.05, 4.69) is 99.2 Å². The molecule has 21 heteroatoms. The van der Waals surface area contributed by atoms with Crippen molar-refractivity contribution < 1.29 is 64.1 Å². The van der Waals surface area contributed by atoms with E-state index in [-0.39, 0.29) is 196 Å². The SMILES string of the molecule is C[C@@H]1CCC(=O)NCc2cn(nn2)[C@@H]2CC[C@@]3(C)[C@@H](C2)C[C@@H](O)[C@@H]2[C@@H]3C[C@H](O)[C@]3(C)[C@H](CC[C@@H]23)[C@H](C)CCC(=O)N[C@@H](CCC(=O)NC(=O)OCc2ccccc2)C(=O)N[C@@H]2CC[C@@]3(C)[C@@H](C2)C[C@@H](O)[C@@H]2[C@@H]3C[C@H](O)[C@]3(C)[C@H](CC[C@@H]23)[C@H](C)CCC(=O)N[C@@H]2CC[C@@]3(C)[C@@H](C2)C[C@@H](O)[C@@H]2[C@@H]3C[C@H](O)[C@]3(C)[C@@H]1CC[C@@H]23. The van der Waals surface area contributed by atoms with Crippen LogP contribution in [0.2, 0.25) is 0 Å². The second-order valence-corrected chi connectivity index (χ2v) is 40.5. The molecule has 26 rings (SSSR count). The molecule has 12 saturated carbocycles. The highest BCUT2D eigenvalue weighted by molar-refractivity contribution is 5.93. The van der Waals surface area contributed by atoms with Gasteiger partial charge in [0, 0.05) is 37.8 Å². The monoisotopic (exact) mass is 1510 g/mol. The molecule has 109 heavy (non-hydrogen) atoms. The minimum absolute atomic E-state index is 0.000924. The number of aromatic nitrogens is 3. The van der Waals surface area contributed by atoms with Crippen LogP contribution in [0, 0.1) is 139 Å². The molecule has 0 spiro atoms. The van der Waals surface area contributed by atoms with E-state index in [4.69, 9.17) is 4.74 Å². The Labute approximate surface area is 647 Å². The van der Waals surface area contributed by atoms with Gasteiger partial charge in [0.25, 0.3) is 0 Å². The van der Waals surface area contributed by atoms with Gasteiger partial charge in [-0.1, -0.05) is 97.9 Å². The maximum absolute atomic E-state index is 14.8. The maximum atomic E-state index is 14.8. The van der Waals surface area contributed by atoms with E-state index in [9.17, 15) is 59.4 Å². The van der Waals surface area contributed by atoms with E-state index in [1.165, 1.54) is 0 Å². The first kappa shape index (κ1) is 79.2. The summed E-state index contributed by atoms with van der Waals surface area (Å²) in [6.45, 7) is 20.9. The average molecular weight is 1510 g/mol. The predicted octanol–water partition coefficient (Wildman–Crippen LogP) is 11.2. The lowest BCUT2D eigenvalue weighted by molar-refractivity contribution is -0.204. The lowest BCUT2D eigenvalue weighted by Gasteiger charge is -2.63. The number of nitrogens with zero attached hydrogens (tertiary/aromatic N) is 3. The lowest BCUT2D eigenvalue weighted by atomic mass is 9.43. The quantitative estimate of drug-likeness (QED) is 0.133. The Bertz CT molecular complexity index is 3660. The number of hydrogen-bond acceptors (Lipinski definition) is 15. The average Bonchev–Trinajstić information content (AvgIpc) is 1.67. The van der Waals surface area contributed by atoms with E-state index in [0.717, 1.165) is 89.0 Å². The van der Waals surface area contributed by atoms with E-state index < -0.39 is 71.4 Å². The number of ether oxygens (including phenoxy) is 1. The third-order valence-corrected chi connectivity index (χ3v) is 36.0. The van der Waals surface area contributed by atoms with Crippen molar-refractivity contribution in [1.29, 1.82) is 0 Å². The Hall–Kier alpha value is -5.06. The number of alkyl carbamates (subject to hydrolysis) is 1. The van der Waals surface area contributed by atoms with Crippen molar-refractivity contribution >= 4 is 35.6 Å². The molecule has 12 fully saturated rings. The van der Waals surface area contributed by atoms with Crippen LogP contribution in [-0.4, -0.2) is 136 Å². The molecule has 12 aliphatic carbocycles. The van der Waals surface area contributed by atoms with Crippen LogP contribution < -0.4 is 26.6 Å². The molecule has 12 aliphatic heterocycles. The molecule has 24 aliphatic rings. The van der Waals surface area contributed by atoms with Gasteiger partial charge < -0.3 is 56.6 Å². The number of carbonyl (C=O) groups excluding carboxylic acids is 6. The summed E-state index contributed by atoms with van der Waals surface area (Å²) in [5.41, 5.74) is -0.232. The van der Waals surface area contributed by atoms with Crippen LogP contribution in [0.25, 0.3) is 0 Å². The van der Waals surface area contributed by atoms with Gasteiger partial charge in [-0.15, -0.1) is 5.10 Å². The van der Waals surface area contributed by atoms with Gasteiger partial charge in [0.15, 0.2) is 0 Å². The standard InChI is InChI=1S/C88H134N8O13/c1-47-15-25-74(103)89-44-56-45-96(95-94-56)57-31-34-85(6)53(37-57)40-70(99)80-63-23-20-60(88(63,9)73(102)43-66(80)85)49(3)17-27-76(105)92-67(24-28-77(106)93-82(108)109-46-50-13-11-10-12-14-50)81(107)91-55-30-33-84(5)52(36-55)39-69(98)79-62-22-19-59(87(62,8)72(101)42-65(79)84)48(2)16-26-75(104)90-54-29-32-83(4)51(35-54)38-68(97)78-61-21-18-58(47)86(61,7)71(100)41-64(78)83/h10-14,45,47-49,51-55,57-73,78-80,97-102H,15-44,46H2,1-9H3,(H,89,103)(H,90,104)(H,91,107)(H,92,105)(H,93,106,108)/t47-,48-,49-,51+,52+,53+,54-,55-,57-,58-,59-,60-,61+,62+,63+,64+,65+,66+,67+,68-,69-,70-,71+,72+,73+,78+,79+,80+,83+,84+,85+,86-,87-,88-/m1/s1. The summed E-state index contributed by atoms with van der Waals surface area (Å²) in [5.74, 6) is 0.796. The topological polar surface area (TPSA) is 324 Å². The number of imide groups is 1. The van der Waals surface area contributed by atoms with Crippen molar-refractivity contribution in [1.82, 2.24) is 41.6 Å². The van der Waals surface area contributed by atoms with Gasteiger partial charge in [-0.05, 0) is 305 Å². The summed E-state index contributed by atoms with van der Waals surface area (Å²) < 4.78 is 7.32. The minimum atomic E-state index is -1.10. The second kappa shape index (κ2) is 30.6. The fourth-order valence-corrected chi connectivity index (χ4v) is 29.8. The van der Waals surface area contributed by atoms with E-state index in [1.807, 2.05) is 41.2 Å². The van der Waals surface area contributed by atoms with Crippen LogP contribution in [0.15, 0.2) is 36.5 Å². The first-order valence-corrected chi connectivity index (χ1v) is 43.5. The van der Waals surface area contributed by atoms with Crippen LogP contribution >= 0.6 is 0 Å². The lowest BCUT2D eigenvalue weighted by Crippen LogP contribution is -2.63. The molecule has 2 aromatic rings. The summed E-state index contributed by atoms with van der Waals surface area (Å²) in [6.07, 6.45) is 16.7. The van der Waals surface area contributed by atoms with Crippen molar-refractivity contribution in [2.45, 2.75) is 322 Å². The summed E-state index contributed by atoms with van der Waals surface area (Å²) in [6, 6.07) is 7.85. The highest BCUT2D eigenvalue weighted by atomic mass is 16.5. The molecular formula is C88H134N8O13. The van der Waals surface area contributed by atoms with E-state index in [1.54, 1.807) is 0 Å². The van der Waals surface area contributed by atoms with Crippen LogP contribution in [0.3, 0.4) is 0 Å². The van der Waals surface area contributed by atoms with Crippen molar-refractivity contribution in [3.63, 3.8) is 0 Å². The molecule has 11 N–H and O–H groups in total. The minimum Gasteiger partial charge on any atom is -0.444 e. The normalized spacial score (nSPS) is 48.8. The summed E-state index contributed by atoms with van der Waals surface area (Å²) >= 11 is 0. The number of rotatable bonds is 5. The number of amides is 6. The van der Waals surface area contributed by atoms with Gasteiger partial charge in [0.1, 0.15) is 18.3 Å². The van der Waals surface area contributed by atoms with E-state index in [0.29, 0.717) is 89.2 Å². The zero-order valence-electron chi connectivity index (χ0n) is 66.9. The summed E-state index contributed by atoms with van der Waals surface area (Å²) in [7, 11) is 0. The highest BCUT2D eigenvalue weighted by Gasteiger charge is 2.70. The molecule has 0 unspecified atom stereocenters. The molecule has 13 heterocycles. The van der Waals surface area contributed by atoms with Gasteiger partial charge in [-0.2, -0.15) is 0 Å². The number of hydrogen-bond donors (Lipinski definition) is 11. The number of aliphatic hydroxyl groups is 6. The fraction of sp³-hybridized carbons (Fsp3) is 0.841. The zero-order valence-corrected chi connectivity index (χ0v) is 66.9. The maximum Gasteiger partial charge on any atom is 0.414 e. The van der Waals surface area contributed by atoms with Gasteiger partial charge >= 0.3 is 6.09 Å². The zero-order chi connectivity index (χ0) is 77.2. The van der Waals surface area contributed by atoms with Gasteiger partial charge in [0.05, 0.1) is 55.4 Å².